The van der Waals surface area contributed by atoms with Gasteiger partial charge in [-0.15, -0.1) is 0 Å². The molecule has 138 valence electrons. The summed E-state index contributed by atoms with van der Waals surface area (Å²) in [6.45, 7) is 5.37. The second kappa shape index (κ2) is 9.61. The number of amides is 1. The van der Waals surface area contributed by atoms with Gasteiger partial charge in [0.2, 0.25) is 0 Å². The van der Waals surface area contributed by atoms with Crippen molar-refractivity contribution >= 4 is 11.9 Å². The van der Waals surface area contributed by atoms with E-state index in [9.17, 15) is 9.59 Å². The fraction of sp³-hybridized carbons (Fsp3) is 0.333. The number of rotatable bonds is 8. The third-order valence-electron chi connectivity index (χ3n) is 4.07. The lowest BCUT2D eigenvalue weighted by atomic mass is 10.1. The average molecular weight is 355 g/mol. The van der Waals surface area contributed by atoms with Gasteiger partial charge in [0.05, 0.1) is 0 Å². The van der Waals surface area contributed by atoms with Crippen LogP contribution in [0.15, 0.2) is 54.6 Å². The number of carbonyl (C=O) groups excluding carboxylic acids is 2. The Bertz CT molecular complexity index is 728. The minimum absolute atomic E-state index is 0.0233. The Morgan fingerprint density at radius 3 is 2.27 bits per heavy atom. The molecule has 0 saturated heterocycles. The highest BCUT2D eigenvalue weighted by Gasteiger charge is 2.14. The molecule has 0 aromatic heterocycles. The molecule has 0 fully saturated rings. The van der Waals surface area contributed by atoms with Crippen LogP contribution < -0.4 is 10.1 Å². The van der Waals surface area contributed by atoms with Gasteiger partial charge in [-0.1, -0.05) is 62.4 Å². The molecule has 1 unspecified atom stereocenters. The van der Waals surface area contributed by atoms with Crippen molar-refractivity contribution in [1.82, 2.24) is 5.32 Å². The zero-order valence-corrected chi connectivity index (χ0v) is 15.4. The van der Waals surface area contributed by atoms with Gasteiger partial charge in [-0.05, 0) is 24.5 Å². The largest absolute Gasteiger partial charge is 0.481 e. The molecule has 2 aromatic carbocycles. The molecule has 2 rings (SSSR count). The van der Waals surface area contributed by atoms with E-state index < -0.39 is 5.97 Å². The summed E-state index contributed by atoms with van der Waals surface area (Å²) < 4.78 is 10.6. The molecule has 0 saturated carbocycles. The molecule has 0 radical (unpaired) electrons. The lowest BCUT2D eigenvalue weighted by molar-refractivity contribution is -0.150. The number of para-hydroxylation sites is 1. The van der Waals surface area contributed by atoms with Crippen molar-refractivity contribution in [2.75, 3.05) is 13.2 Å². The molecule has 0 bridgehead atoms. The van der Waals surface area contributed by atoms with Crippen LogP contribution in [-0.4, -0.2) is 31.1 Å². The topological polar surface area (TPSA) is 64.6 Å². The number of esters is 1. The van der Waals surface area contributed by atoms with Crippen LogP contribution in [0.5, 0.6) is 5.75 Å². The zero-order chi connectivity index (χ0) is 18.9. The lowest BCUT2D eigenvalue weighted by Crippen LogP contribution is -2.39. The van der Waals surface area contributed by atoms with Crippen molar-refractivity contribution in [2.24, 2.45) is 5.92 Å². The SMILES string of the molecule is CC(C)C(C)NC(=O)COC(=O)COc1ccccc1-c1ccccc1. The number of hydrogen-bond donors (Lipinski definition) is 1. The van der Waals surface area contributed by atoms with Crippen LogP contribution in [0.2, 0.25) is 0 Å². The van der Waals surface area contributed by atoms with E-state index in [4.69, 9.17) is 9.47 Å². The quantitative estimate of drug-likeness (QED) is 0.737. The Hall–Kier alpha value is -2.82. The first kappa shape index (κ1) is 19.5. The van der Waals surface area contributed by atoms with E-state index in [1.807, 2.05) is 69.3 Å². The molecular weight excluding hydrogens is 330 g/mol. The van der Waals surface area contributed by atoms with Crippen molar-refractivity contribution in [3.63, 3.8) is 0 Å². The molecule has 0 aliphatic carbocycles. The van der Waals surface area contributed by atoms with Crippen molar-refractivity contribution < 1.29 is 19.1 Å². The minimum Gasteiger partial charge on any atom is -0.481 e. The van der Waals surface area contributed by atoms with E-state index >= 15 is 0 Å². The maximum Gasteiger partial charge on any atom is 0.344 e. The van der Waals surface area contributed by atoms with Crippen LogP contribution in [0.3, 0.4) is 0 Å². The Morgan fingerprint density at radius 1 is 0.923 bits per heavy atom. The first-order valence-corrected chi connectivity index (χ1v) is 8.69. The first-order valence-electron chi connectivity index (χ1n) is 8.69. The second-order valence-electron chi connectivity index (χ2n) is 6.41. The van der Waals surface area contributed by atoms with E-state index in [0.29, 0.717) is 11.7 Å². The minimum atomic E-state index is -0.583. The molecule has 1 amide bonds. The van der Waals surface area contributed by atoms with E-state index in [-0.39, 0.29) is 25.2 Å². The Labute approximate surface area is 154 Å². The number of ether oxygens (including phenoxy) is 2. The zero-order valence-electron chi connectivity index (χ0n) is 15.4. The highest BCUT2D eigenvalue weighted by molar-refractivity contribution is 5.81. The van der Waals surface area contributed by atoms with Crippen LogP contribution in [0, 0.1) is 5.92 Å². The van der Waals surface area contributed by atoms with Crippen LogP contribution in [0.1, 0.15) is 20.8 Å². The van der Waals surface area contributed by atoms with Crippen LogP contribution >= 0.6 is 0 Å². The van der Waals surface area contributed by atoms with E-state index in [1.165, 1.54) is 0 Å². The summed E-state index contributed by atoms with van der Waals surface area (Å²) in [6, 6.07) is 17.3. The van der Waals surface area contributed by atoms with E-state index in [1.54, 1.807) is 6.07 Å². The van der Waals surface area contributed by atoms with Gasteiger partial charge in [0, 0.05) is 11.6 Å². The maximum atomic E-state index is 11.9. The lowest BCUT2D eigenvalue weighted by Gasteiger charge is -2.17. The Balaban J connectivity index is 1.86. The van der Waals surface area contributed by atoms with Crippen molar-refractivity contribution in [3.05, 3.63) is 54.6 Å². The Kier molecular flexibility index (Phi) is 7.21. The molecule has 0 aliphatic heterocycles. The van der Waals surface area contributed by atoms with Gasteiger partial charge in [-0.3, -0.25) is 4.79 Å². The standard InChI is InChI=1S/C21H25NO4/c1-15(2)16(3)22-20(23)13-26-21(24)14-25-19-12-8-7-11-18(19)17-9-5-4-6-10-17/h4-12,15-16H,13-14H2,1-3H3,(H,22,23). The molecule has 0 aliphatic rings. The third kappa shape index (κ3) is 5.92. The summed E-state index contributed by atoms with van der Waals surface area (Å²) in [4.78, 5) is 23.6. The summed E-state index contributed by atoms with van der Waals surface area (Å²) >= 11 is 0. The molecule has 26 heavy (non-hydrogen) atoms. The summed E-state index contributed by atoms with van der Waals surface area (Å²) in [6.07, 6.45) is 0. The van der Waals surface area contributed by atoms with E-state index in [2.05, 4.69) is 5.32 Å². The predicted molar refractivity (Wildman–Crippen MR) is 101 cm³/mol. The van der Waals surface area contributed by atoms with Gasteiger partial charge in [0.15, 0.2) is 13.2 Å². The third-order valence-corrected chi connectivity index (χ3v) is 4.07. The number of nitrogens with one attached hydrogen (secondary N) is 1. The monoisotopic (exact) mass is 355 g/mol. The van der Waals surface area contributed by atoms with Crippen molar-refractivity contribution in [2.45, 2.75) is 26.8 Å². The summed E-state index contributed by atoms with van der Waals surface area (Å²) in [5.41, 5.74) is 1.89. The summed E-state index contributed by atoms with van der Waals surface area (Å²) in [7, 11) is 0. The molecule has 5 nitrogen and oxygen atoms in total. The molecule has 0 spiro atoms. The van der Waals surface area contributed by atoms with Gasteiger partial charge < -0.3 is 14.8 Å². The molecule has 2 aromatic rings. The number of carbonyl (C=O) groups is 2. The average Bonchev–Trinajstić information content (AvgIpc) is 2.65. The molecular formula is C21H25NO4. The van der Waals surface area contributed by atoms with E-state index in [0.717, 1.165) is 11.1 Å². The fourth-order valence-electron chi connectivity index (χ4n) is 2.24. The molecule has 5 heteroatoms. The first-order chi connectivity index (χ1) is 12.5. The van der Waals surface area contributed by atoms with Crippen LogP contribution in [0.25, 0.3) is 11.1 Å². The highest BCUT2D eigenvalue weighted by Crippen LogP contribution is 2.29. The Morgan fingerprint density at radius 2 is 1.58 bits per heavy atom. The van der Waals surface area contributed by atoms with Gasteiger partial charge in [-0.2, -0.15) is 0 Å². The van der Waals surface area contributed by atoms with Gasteiger partial charge in [-0.25, -0.2) is 4.79 Å². The highest BCUT2D eigenvalue weighted by atomic mass is 16.6. The van der Waals surface area contributed by atoms with Crippen LogP contribution in [0.4, 0.5) is 0 Å². The number of benzene rings is 2. The van der Waals surface area contributed by atoms with Crippen molar-refractivity contribution in [1.29, 1.82) is 0 Å². The number of hydrogen-bond acceptors (Lipinski definition) is 4. The van der Waals surface area contributed by atoms with Crippen molar-refractivity contribution in [3.8, 4) is 16.9 Å². The smallest absolute Gasteiger partial charge is 0.344 e. The normalized spacial score (nSPS) is 11.7. The maximum absolute atomic E-state index is 11.9. The molecule has 1 N–H and O–H groups in total. The summed E-state index contributed by atoms with van der Waals surface area (Å²) in [5, 5.41) is 2.78. The summed E-state index contributed by atoms with van der Waals surface area (Å²) in [5.74, 6) is 0.00505. The molecule has 1 atom stereocenters. The van der Waals surface area contributed by atoms with Gasteiger partial charge >= 0.3 is 5.97 Å². The predicted octanol–water partition coefficient (Wildman–Crippen LogP) is 3.44. The second-order valence-corrected chi connectivity index (χ2v) is 6.41. The van der Waals surface area contributed by atoms with Gasteiger partial charge in [0.25, 0.3) is 5.91 Å². The van der Waals surface area contributed by atoms with Crippen LogP contribution in [-0.2, 0) is 14.3 Å². The van der Waals surface area contributed by atoms with Gasteiger partial charge in [0.1, 0.15) is 5.75 Å². The fourth-order valence-corrected chi connectivity index (χ4v) is 2.24. The molecule has 0 heterocycles.